The third-order valence-corrected chi connectivity index (χ3v) is 6.88. The van der Waals surface area contributed by atoms with Crippen molar-refractivity contribution in [1.82, 2.24) is 4.98 Å². The summed E-state index contributed by atoms with van der Waals surface area (Å²) in [4.78, 5) is 16.1. The first kappa shape index (κ1) is 25.0. The number of ether oxygens (including phenoxy) is 3. The summed E-state index contributed by atoms with van der Waals surface area (Å²) in [5.74, 6) is 6.95. The number of benzene rings is 2. The predicted octanol–water partition coefficient (Wildman–Crippen LogP) is 6.21. The molecule has 3 atom stereocenters. The van der Waals surface area contributed by atoms with Crippen molar-refractivity contribution in [3.63, 3.8) is 0 Å². The molecule has 0 spiro atoms. The van der Waals surface area contributed by atoms with E-state index in [0.717, 1.165) is 35.1 Å². The van der Waals surface area contributed by atoms with Gasteiger partial charge in [0.05, 0.1) is 19.1 Å². The third kappa shape index (κ3) is 5.68. The Balaban J connectivity index is 1.33. The van der Waals surface area contributed by atoms with Gasteiger partial charge in [-0.1, -0.05) is 24.1 Å². The second-order valence-electron chi connectivity index (χ2n) is 9.54. The molecule has 2 heterocycles. The second kappa shape index (κ2) is 11.1. The summed E-state index contributed by atoms with van der Waals surface area (Å²) in [6.45, 7) is 4.65. The van der Waals surface area contributed by atoms with Crippen LogP contribution >= 0.6 is 0 Å². The fourth-order valence-electron chi connectivity index (χ4n) is 5.10. The van der Waals surface area contributed by atoms with Crippen LogP contribution in [0.25, 0.3) is 11.1 Å². The van der Waals surface area contributed by atoms with Crippen molar-refractivity contribution in [1.29, 1.82) is 0 Å². The average molecular weight is 500 g/mol. The molecule has 1 aromatic heterocycles. The van der Waals surface area contributed by atoms with Crippen molar-refractivity contribution >= 4 is 5.78 Å². The Morgan fingerprint density at radius 2 is 1.97 bits per heavy atom. The Kier molecular flexibility index (Phi) is 7.52. The molecule has 1 aliphatic heterocycles. The monoisotopic (exact) mass is 499 g/mol. The van der Waals surface area contributed by atoms with Crippen molar-refractivity contribution in [2.45, 2.75) is 57.7 Å². The summed E-state index contributed by atoms with van der Waals surface area (Å²) in [5.41, 5.74) is 4.42. The normalized spacial score (nSPS) is 19.0. The number of ketones is 1. The molecular formula is C31H30FNO4. The molecule has 0 radical (unpaired) electrons. The molecule has 3 aromatic rings. The van der Waals surface area contributed by atoms with Crippen LogP contribution in [-0.4, -0.2) is 30.1 Å². The van der Waals surface area contributed by atoms with Crippen LogP contribution in [-0.2, 0) is 16.0 Å². The lowest BCUT2D eigenvalue weighted by atomic mass is 9.94. The first-order valence-electron chi connectivity index (χ1n) is 12.7. The highest BCUT2D eigenvalue weighted by Crippen LogP contribution is 2.42. The molecule has 0 saturated carbocycles. The van der Waals surface area contributed by atoms with E-state index in [4.69, 9.17) is 14.2 Å². The lowest BCUT2D eigenvalue weighted by molar-refractivity contribution is -0.117. The third-order valence-electron chi connectivity index (χ3n) is 6.88. The Hall–Kier alpha value is -3.69. The number of rotatable bonds is 8. The van der Waals surface area contributed by atoms with Crippen LogP contribution in [0.2, 0.25) is 0 Å². The number of Topliss-reactive ketones (excluding diaryl/α,β-unsaturated/α-hetero) is 1. The Morgan fingerprint density at radius 3 is 2.65 bits per heavy atom. The minimum atomic E-state index is -0.373. The van der Waals surface area contributed by atoms with Crippen LogP contribution < -0.4 is 9.47 Å². The highest BCUT2D eigenvalue weighted by Gasteiger charge is 2.30. The maximum absolute atomic E-state index is 15.0. The number of hydrogen-bond acceptors (Lipinski definition) is 5. The Labute approximate surface area is 217 Å². The van der Waals surface area contributed by atoms with Gasteiger partial charge in [0, 0.05) is 36.2 Å². The number of halogens is 1. The molecular weight excluding hydrogens is 469 g/mol. The molecule has 5 rings (SSSR count). The van der Waals surface area contributed by atoms with Gasteiger partial charge in [0.25, 0.3) is 0 Å². The number of carbonyl (C=O) groups is 1. The van der Waals surface area contributed by atoms with E-state index in [-0.39, 0.29) is 29.7 Å². The van der Waals surface area contributed by atoms with Gasteiger partial charge in [-0.15, -0.1) is 5.92 Å². The second-order valence-corrected chi connectivity index (χ2v) is 9.54. The van der Waals surface area contributed by atoms with Crippen molar-refractivity contribution in [2.24, 2.45) is 0 Å². The van der Waals surface area contributed by atoms with Crippen LogP contribution in [0.3, 0.4) is 0 Å². The maximum Gasteiger partial charge on any atom is 0.213 e. The molecule has 5 nitrogen and oxygen atoms in total. The first-order chi connectivity index (χ1) is 18.0. The lowest BCUT2D eigenvalue weighted by Gasteiger charge is -2.18. The smallest absolute Gasteiger partial charge is 0.213 e. The van der Waals surface area contributed by atoms with Gasteiger partial charge in [-0.2, -0.15) is 0 Å². The predicted molar refractivity (Wildman–Crippen MR) is 139 cm³/mol. The summed E-state index contributed by atoms with van der Waals surface area (Å²) >= 11 is 0. The molecule has 190 valence electrons. The summed E-state index contributed by atoms with van der Waals surface area (Å²) in [7, 11) is 0. The molecule has 37 heavy (non-hydrogen) atoms. The standard InChI is InChI=1S/C31H30FNO4/c1-3-4-22(17-20(2)34)21-5-8-24(9-6-21)36-29-13-11-27-26(10-12-28(32)31(27)29)23-7-14-30(33-18-23)37-25-15-16-35-19-25/h5-10,12,14,18,22,25,29H,11,13,15-17,19H2,1-2H3/t22-,25+,29+/m0/s1. The largest absolute Gasteiger partial charge is 0.486 e. The Bertz CT molecular complexity index is 1320. The van der Waals surface area contributed by atoms with Crippen molar-refractivity contribution in [3.8, 4) is 34.6 Å². The quantitative estimate of drug-likeness (QED) is 0.345. The molecule has 2 aliphatic rings. The van der Waals surface area contributed by atoms with Crippen LogP contribution in [0.15, 0.2) is 54.7 Å². The van der Waals surface area contributed by atoms with Gasteiger partial charge in [-0.05, 0) is 67.6 Å². The van der Waals surface area contributed by atoms with Crippen molar-refractivity contribution < 1.29 is 23.4 Å². The first-order valence-corrected chi connectivity index (χ1v) is 12.7. The minimum Gasteiger partial charge on any atom is -0.486 e. The van der Waals surface area contributed by atoms with Gasteiger partial charge in [0.2, 0.25) is 5.88 Å². The van der Waals surface area contributed by atoms with E-state index < -0.39 is 0 Å². The Morgan fingerprint density at radius 1 is 1.14 bits per heavy atom. The highest BCUT2D eigenvalue weighted by molar-refractivity contribution is 5.77. The summed E-state index contributed by atoms with van der Waals surface area (Å²) < 4.78 is 32.5. The fourth-order valence-corrected chi connectivity index (χ4v) is 5.10. The van der Waals surface area contributed by atoms with Crippen LogP contribution in [0.5, 0.6) is 11.6 Å². The summed E-state index contributed by atoms with van der Waals surface area (Å²) in [5, 5.41) is 0. The number of fused-ring (bicyclic) bond motifs is 1. The van der Waals surface area contributed by atoms with E-state index in [2.05, 4.69) is 16.8 Å². The van der Waals surface area contributed by atoms with Gasteiger partial charge in [0.1, 0.15) is 29.6 Å². The lowest BCUT2D eigenvalue weighted by Crippen LogP contribution is -2.16. The number of carbonyl (C=O) groups excluding carboxylic acids is 1. The molecule has 2 aromatic carbocycles. The van der Waals surface area contributed by atoms with Gasteiger partial charge >= 0.3 is 0 Å². The number of aromatic nitrogens is 1. The van der Waals surface area contributed by atoms with Crippen molar-refractivity contribution in [2.75, 3.05) is 13.2 Å². The molecule has 0 amide bonds. The van der Waals surface area contributed by atoms with Gasteiger partial charge in [-0.25, -0.2) is 9.37 Å². The molecule has 1 saturated heterocycles. The molecule has 1 fully saturated rings. The zero-order valence-electron chi connectivity index (χ0n) is 21.1. The number of pyridine rings is 1. The van der Waals surface area contributed by atoms with E-state index in [1.54, 1.807) is 20.0 Å². The number of nitrogens with zero attached hydrogens (tertiary/aromatic N) is 1. The molecule has 0 bridgehead atoms. The maximum atomic E-state index is 15.0. The minimum absolute atomic E-state index is 0.0417. The SMILES string of the molecule is CC#C[C@@H](CC(C)=O)c1ccc(O[C@@H]2CCc3c(-c4ccc(O[C@@H]5CCOC5)nc4)ccc(F)c32)cc1. The van der Waals surface area contributed by atoms with E-state index in [1.165, 1.54) is 6.07 Å². The average Bonchev–Trinajstić information content (AvgIpc) is 3.56. The van der Waals surface area contributed by atoms with Gasteiger partial charge in [-0.3, -0.25) is 4.79 Å². The molecule has 0 N–H and O–H groups in total. The number of hydrogen-bond donors (Lipinski definition) is 0. The van der Waals surface area contributed by atoms with Gasteiger partial charge < -0.3 is 14.2 Å². The van der Waals surface area contributed by atoms with Crippen molar-refractivity contribution in [3.05, 3.63) is 77.2 Å². The van der Waals surface area contributed by atoms with Crippen LogP contribution in [0.1, 0.15) is 61.8 Å². The van der Waals surface area contributed by atoms with E-state index in [9.17, 15) is 4.79 Å². The zero-order chi connectivity index (χ0) is 25.8. The zero-order valence-corrected chi connectivity index (χ0v) is 21.1. The van der Waals surface area contributed by atoms with Gasteiger partial charge in [0.15, 0.2) is 0 Å². The fraction of sp³-hybridized carbons (Fsp3) is 0.355. The van der Waals surface area contributed by atoms with Crippen LogP contribution in [0.4, 0.5) is 4.39 Å². The molecule has 0 unspecified atom stereocenters. The van der Waals surface area contributed by atoms with Crippen LogP contribution in [0, 0.1) is 17.7 Å². The molecule has 6 heteroatoms. The molecule has 1 aliphatic carbocycles. The topological polar surface area (TPSA) is 57.7 Å². The summed E-state index contributed by atoms with van der Waals surface area (Å²) in [6, 6.07) is 14.8. The van der Waals surface area contributed by atoms with E-state index in [1.807, 2.05) is 42.5 Å². The van der Waals surface area contributed by atoms with E-state index in [0.29, 0.717) is 43.2 Å². The summed E-state index contributed by atoms with van der Waals surface area (Å²) in [6.07, 6.45) is 4.10. The van der Waals surface area contributed by atoms with E-state index >= 15 is 4.39 Å². The highest BCUT2D eigenvalue weighted by atomic mass is 19.1.